The molecule has 0 aromatic rings. The van der Waals surface area contributed by atoms with Gasteiger partial charge in [-0.3, -0.25) is 0 Å². The molecule has 2 heteroatoms. The van der Waals surface area contributed by atoms with Gasteiger partial charge in [0.1, 0.15) is 0 Å². The van der Waals surface area contributed by atoms with Crippen molar-refractivity contribution in [2.75, 3.05) is 13.1 Å². The molecule has 1 saturated carbocycles. The first kappa shape index (κ1) is 12.0. The second-order valence-electron chi connectivity index (χ2n) is 5.18. The van der Waals surface area contributed by atoms with Crippen LogP contribution in [-0.2, 0) is 0 Å². The summed E-state index contributed by atoms with van der Waals surface area (Å²) < 4.78 is 0. The fraction of sp³-hybridized carbons (Fsp3) is 1.00. The molecule has 84 valence electrons. The van der Waals surface area contributed by atoms with Gasteiger partial charge in [-0.15, -0.1) is 0 Å². The molecule has 0 aromatic carbocycles. The van der Waals surface area contributed by atoms with Crippen molar-refractivity contribution in [1.82, 2.24) is 5.32 Å². The third-order valence-corrected chi connectivity index (χ3v) is 3.57. The summed E-state index contributed by atoms with van der Waals surface area (Å²) in [6.07, 6.45) is 4.13. The number of nitrogens with one attached hydrogen (secondary N) is 1. The molecule has 0 heterocycles. The maximum absolute atomic E-state index is 5.54. The summed E-state index contributed by atoms with van der Waals surface area (Å²) in [5, 5.41) is 3.61. The summed E-state index contributed by atoms with van der Waals surface area (Å²) in [5.41, 5.74) is 5.54. The lowest BCUT2D eigenvalue weighted by Gasteiger charge is -2.38. The molecule has 0 amide bonds. The van der Waals surface area contributed by atoms with Crippen LogP contribution in [0.2, 0.25) is 0 Å². The van der Waals surface area contributed by atoms with Crippen molar-refractivity contribution in [2.45, 2.75) is 46.1 Å². The predicted octanol–water partition coefficient (Wildman–Crippen LogP) is 2.00. The number of nitrogens with two attached hydrogens (primary N) is 1. The topological polar surface area (TPSA) is 38.0 Å². The average molecular weight is 198 g/mol. The van der Waals surface area contributed by atoms with E-state index in [1.807, 2.05) is 0 Å². The molecule has 3 N–H and O–H groups in total. The van der Waals surface area contributed by atoms with Crippen molar-refractivity contribution < 1.29 is 0 Å². The molecule has 3 unspecified atom stereocenters. The summed E-state index contributed by atoms with van der Waals surface area (Å²) in [6.45, 7) is 8.79. The van der Waals surface area contributed by atoms with Gasteiger partial charge in [-0.1, -0.05) is 27.2 Å². The van der Waals surface area contributed by atoms with Crippen LogP contribution in [0.4, 0.5) is 0 Å². The lowest BCUT2D eigenvalue weighted by Crippen LogP contribution is -2.44. The highest BCUT2D eigenvalue weighted by molar-refractivity contribution is 4.85. The van der Waals surface area contributed by atoms with Gasteiger partial charge in [0.15, 0.2) is 0 Å². The first-order chi connectivity index (χ1) is 6.65. The molecule has 1 aliphatic rings. The van der Waals surface area contributed by atoms with E-state index in [4.69, 9.17) is 5.73 Å². The summed E-state index contributed by atoms with van der Waals surface area (Å²) >= 11 is 0. The zero-order chi connectivity index (χ0) is 10.6. The van der Waals surface area contributed by atoms with Gasteiger partial charge in [-0.2, -0.15) is 0 Å². The van der Waals surface area contributed by atoms with E-state index in [1.165, 1.54) is 19.3 Å². The van der Waals surface area contributed by atoms with E-state index in [0.29, 0.717) is 6.04 Å². The molecule has 14 heavy (non-hydrogen) atoms. The first-order valence-corrected chi connectivity index (χ1v) is 6.08. The number of rotatable bonds is 4. The van der Waals surface area contributed by atoms with Gasteiger partial charge >= 0.3 is 0 Å². The quantitative estimate of drug-likeness (QED) is 0.725. The summed E-state index contributed by atoms with van der Waals surface area (Å²) in [7, 11) is 0. The maximum atomic E-state index is 5.54. The van der Waals surface area contributed by atoms with Crippen LogP contribution in [0, 0.1) is 17.8 Å². The molecule has 0 bridgehead atoms. The van der Waals surface area contributed by atoms with Crippen molar-refractivity contribution in [3.8, 4) is 0 Å². The van der Waals surface area contributed by atoms with Crippen LogP contribution in [0.25, 0.3) is 0 Å². The van der Waals surface area contributed by atoms with Gasteiger partial charge in [-0.05, 0) is 30.6 Å². The minimum absolute atomic E-state index is 0.710. The van der Waals surface area contributed by atoms with Gasteiger partial charge in [0.2, 0.25) is 0 Å². The van der Waals surface area contributed by atoms with Crippen LogP contribution in [0.5, 0.6) is 0 Å². The highest BCUT2D eigenvalue weighted by Gasteiger charge is 2.29. The maximum Gasteiger partial charge on any atom is 0.0101 e. The normalized spacial score (nSPS) is 33.6. The predicted molar refractivity (Wildman–Crippen MR) is 62.2 cm³/mol. The molecule has 3 atom stereocenters. The summed E-state index contributed by atoms with van der Waals surface area (Å²) in [6, 6.07) is 0.710. The number of hydrogen-bond donors (Lipinski definition) is 2. The molecule has 1 fully saturated rings. The second kappa shape index (κ2) is 5.72. The molecule has 0 spiro atoms. The Balaban J connectivity index is 2.45. The molecule has 0 saturated heterocycles. The highest BCUT2D eigenvalue weighted by atomic mass is 14.9. The Morgan fingerprint density at radius 2 is 2.07 bits per heavy atom. The highest BCUT2D eigenvalue weighted by Crippen LogP contribution is 2.33. The summed E-state index contributed by atoms with van der Waals surface area (Å²) in [4.78, 5) is 0. The van der Waals surface area contributed by atoms with Crippen molar-refractivity contribution in [3.05, 3.63) is 0 Å². The van der Waals surface area contributed by atoms with Crippen molar-refractivity contribution >= 4 is 0 Å². The third kappa shape index (κ3) is 3.25. The van der Waals surface area contributed by atoms with Crippen LogP contribution >= 0.6 is 0 Å². The minimum Gasteiger partial charge on any atom is -0.329 e. The zero-order valence-corrected chi connectivity index (χ0v) is 9.92. The Morgan fingerprint density at radius 1 is 1.36 bits per heavy atom. The summed E-state index contributed by atoms with van der Waals surface area (Å²) in [5.74, 6) is 2.55. The molecule has 1 rings (SSSR count). The van der Waals surface area contributed by atoms with Crippen LogP contribution < -0.4 is 11.1 Å². The van der Waals surface area contributed by atoms with Crippen LogP contribution in [0.1, 0.15) is 40.0 Å². The van der Waals surface area contributed by atoms with E-state index < -0.39 is 0 Å². The standard InChI is InChI=1S/C12H26N2/c1-9(2)11-5-4-10(3)8-12(11)14-7-6-13/h9-12,14H,4-8,13H2,1-3H3. The largest absolute Gasteiger partial charge is 0.329 e. The van der Waals surface area contributed by atoms with E-state index in [9.17, 15) is 0 Å². The molecule has 0 aromatic heterocycles. The molecule has 2 nitrogen and oxygen atoms in total. The van der Waals surface area contributed by atoms with E-state index >= 15 is 0 Å². The Kier molecular flexibility index (Phi) is 4.90. The van der Waals surface area contributed by atoms with Crippen molar-refractivity contribution in [3.63, 3.8) is 0 Å². The van der Waals surface area contributed by atoms with Gasteiger partial charge in [-0.25, -0.2) is 0 Å². The number of hydrogen-bond acceptors (Lipinski definition) is 2. The SMILES string of the molecule is CC1CCC(C(C)C)C(NCCN)C1. The average Bonchev–Trinajstić information content (AvgIpc) is 2.14. The smallest absolute Gasteiger partial charge is 0.0101 e. The first-order valence-electron chi connectivity index (χ1n) is 6.08. The van der Waals surface area contributed by atoms with E-state index in [1.54, 1.807) is 0 Å². The lowest BCUT2D eigenvalue weighted by atomic mass is 9.74. The Hall–Kier alpha value is -0.0800. The van der Waals surface area contributed by atoms with Gasteiger partial charge < -0.3 is 11.1 Å². The van der Waals surface area contributed by atoms with Crippen molar-refractivity contribution in [2.24, 2.45) is 23.5 Å². The van der Waals surface area contributed by atoms with Gasteiger partial charge in [0, 0.05) is 19.1 Å². The molecular weight excluding hydrogens is 172 g/mol. The Bertz CT molecular complexity index is 156. The molecule has 1 aliphatic carbocycles. The zero-order valence-electron chi connectivity index (χ0n) is 9.92. The molecule has 0 aliphatic heterocycles. The second-order valence-corrected chi connectivity index (χ2v) is 5.18. The monoisotopic (exact) mass is 198 g/mol. The Morgan fingerprint density at radius 3 is 2.64 bits per heavy atom. The van der Waals surface area contributed by atoms with Crippen LogP contribution in [0.3, 0.4) is 0 Å². The molecule has 0 radical (unpaired) electrons. The molecular formula is C12H26N2. The van der Waals surface area contributed by atoms with E-state index in [2.05, 4.69) is 26.1 Å². The van der Waals surface area contributed by atoms with E-state index in [0.717, 1.165) is 30.8 Å². The van der Waals surface area contributed by atoms with Gasteiger partial charge in [0.05, 0.1) is 0 Å². The van der Waals surface area contributed by atoms with Gasteiger partial charge in [0.25, 0.3) is 0 Å². The third-order valence-electron chi connectivity index (χ3n) is 3.57. The minimum atomic E-state index is 0.710. The Labute approximate surface area is 88.6 Å². The van der Waals surface area contributed by atoms with E-state index in [-0.39, 0.29) is 0 Å². The van der Waals surface area contributed by atoms with Crippen LogP contribution in [-0.4, -0.2) is 19.1 Å². The lowest BCUT2D eigenvalue weighted by molar-refractivity contribution is 0.171. The fourth-order valence-corrected chi connectivity index (χ4v) is 2.71. The van der Waals surface area contributed by atoms with Crippen molar-refractivity contribution in [1.29, 1.82) is 0 Å². The fourth-order valence-electron chi connectivity index (χ4n) is 2.71. The van der Waals surface area contributed by atoms with Crippen LogP contribution in [0.15, 0.2) is 0 Å².